The molecule has 2 N–H and O–H groups in total. The molecular weight excluding hydrogens is 290 g/mol. The molecule has 0 aliphatic heterocycles. The van der Waals surface area contributed by atoms with Crippen LogP contribution in [0, 0.1) is 11.8 Å². The number of nitrogens with one attached hydrogen (secondary N) is 1. The van der Waals surface area contributed by atoms with Crippen molar-refractivity contribution in [3.05, 3.63) is 34.9 Å². The van der Waals surface area contributed by atoms with Crippen LogP contribution in [0.1, 0.15) is 44.2 Å². The van der Waals surface area contributed by atoms with Gasteiger partial charge in [0.2, 0.25) is 5.91 Å². The number of halogens is 1. The highest BCUT2D eigenvalue weighted by molar-refractivity contribution is 6.30. The fourth-order valence-electron chi connectivity index (χ4n) is 2.96. The van der Waals surface area contributed by atoms with Crippen molar-refractivity contribution in [2.45, 2.75) is 38.6 Å². The molecule has 114 valence electrons. The number of hydrogen-bond donors (Lipinski definition) is 2. The van der Waals surface area contributed by atoms with E-state index in [-0.39, 0.29) is 11.9 Å². The maximum Gasteiger partial charge on any atom is 0.307 e. The van der Waals surface area contributed by atoms with Crippen molar-refractivity contribution >= 4 is 23.5 Å². The summed E-state index contributed by atoms with van der Waals surface area (Å²) in [4.78, 5) is 23.6. The first-order valence-electron chi connectivity index (χ1n) is 7.31. The maximum atomic E-state index is 12.4. The first-order chi connectivity index (χ1) is 10.0. The van der Waals surface area contributed by atoms with Gasteiger partial charge in [0.05, 0.1) is 17.9 Å². The van der Waals surface area contributed by atoms with Crippen molar-refractivity contribution in [3.63, 3.8) is 0 Å². The van der Waals surface area contributed by atoms with Crippen LogP contribution in [0.15, 0.2) is 24.3 Å². The molecule has 1 saturated carbocycles. The van der Waals surface area contributed by atoms with Crippen LogP contribution in [-0.2, 0) is 9.59 Å². The summed E-state index contributed by atoms with van der Waals surface area (Å²) in [6.07, 6.45) is 2.79. The molecule has 0 saturated heterocycles. The second-order valence-corrected chi connectivity index (χ2v) is 5.94. The van der Waals surface area contributed by atoms with Gasteiger partial charge in [0.1, 0.15) is 0 Å². The zero-order valence-corrected chi connectivity index (χ0v) is 12.8. The number of carboxylic acid groups (broad SMARTS) is 1. The molecule has 3 atom stereocenters. The monoisotopic (exact) mass is 309 g/mol. The van der Waals surface area contributed by atoms with E-state index >= 15 is 0 Å². The van der Waals surface area contributed by atoms with Crippen LogP contribution in [0.5, 0.6) is 0 Å². The Morgan fingerprint density at radius 2 is 1.90 bits per heavy atom. The average Bonchev–Trinajstić information content (AvgIpc) is 2.95. The first kappa shape index (κ1) is 15.8. The van der Waals surface area contributed by atoms with Gasteiger partial charge in [-0.25, -0.2) is 0 Å². The molecule has 4 nitrogen and oxygen atoms in total. The van der Waals surface area contributed by atoms with Crippen LogP contribution >= 0.6 is 11.6 Å². The molecule has 1 fully saturated rings. The van der Waals surface area contributed by atoms with Crippen LogP contribution in [0.3, 0.4) is 0 Å². The van der Waals surface area contributed by atoms with E-state index in [1.54, 1.807) is 12.1 Å². The Morgan fingerprint density at radius 1 is 1.29 bits per heavy atom. The Balaban J connectivity index is 2.06. The lowest BCUT2D eigenvalue weighted by Gasteiger charge is -2.22. The van der Waals surface area contributed by atoms with Crippen LogP contribution in [0.25, 0.3) is 0 Å². The normalized spacial score (nSPS) is 22.8. The molecule has 3 unspecified atom stereocenters. The molecular formula is C16H20ClNO3. The topological polar surface area (TPSA) is 66.4 Å². The Bertz CT molecular complexity index is 515. The molecule has 2 rings (SSSR count). The lowest BCUT2D eigenvalue weighted by atomic mass is 9.94. The second kappa shape index (κ2) is 6.94. The second-order valence-electron chi connectivity index (χ2n) is 5.50. The van der Waals surface area contributed by atoms with Crippen LogP contribution in [0.2, 0.25) is 5.02 Å². The molecule has 0 radical (unpaired) electrons. The summed E-state index contributed by atoms with van der Waals surface area (Å²) in [7, 11) is 0. The Kier molecular flexibility index (Phi) is 5.23. The molecule has 1 amide bonds. The number of carbonyl (C=O) groups excluding carboxylic acids is 1. The standard InChI is InChI=1S/C16H20ClNO3/c1-2-14(10-6-8-11(17)9-7-10)18-15(19)12-4-3-5-13(12)16(20)21/h6-9,12-14H,2-5H2,1H3,(H,18,19)(H,20,21). The van der Waals surface area contributed by atoms with Crippen molar-refractivity contribution in [3.8, 4) is 0 Å². The van der Waals surface area contributed by atoms with E-state index in [2.05, 4.69) is 5.32 Å². The number of rotatable bonds is 5. The Morgan fingerprint density at radius 3 is 2.48 bits per heavy atom. The molecule has 1 aromatic carbocycles. The minimum absolute atomic E-state index is 0.107. The number of benzene rings is 1. The Hall–Kier alpha value is -1.55. The average molecular weight is 310 g/mol. The van der Waals surface area contributed by atoms with Crippen LogP contribution < -0.4 is 5.32 Å². The number of hydrogen-bond acceptors (Lipinski definition) is 2. The fourth-order valence-corrected chi connectivity index (χ4v) is 3.09. The molecule has 1 aromatic rings. The van der Waals surface area contributed by atoms with Gasteiger partial charge in [-0.2, -0.15) is 0 Å². The van der Waals surface area contributed by atoms with Crippen molar-refractivity contribution < 1.29 is 14.7 Å². The third-order valence-electron chi connectivity index (χ3n) is 4.17. The Labute approximate surface area is 129 Å². The molecule has 1 aliphatic carbocycles. The third kappa shape index (κ3) is 3.76. The van der Waals surface area contributed by atoms with Crippen molar-refractivity contribution in [2.75, 3.05) is 0 Å². The van der Waals surface area contributed by atoms with Gasteiger partial charge in [0.15, 0.2) is 0 Å². The maximum absolute atomic E-state index is 12.4. The van der Waals surface area contributed by atoms with Gasteiger partial charge in [0, 0.05) is 5.02 Å². The smallest absolute Gasteiger partial charge is 0.307 e. The summed E-state index contributed by atoms with van der Waals surface area (Å²) in [5, 5.41) is 12.8. The summed E-state index contributed by atoms with van der Waals surface area (Å²) in [6.45, 7) is 1.99. The highest BCUT2D eigenvalue weighted by Crippen LogP contribution is 2.33. The van der Waals surface area contributed by atoms with E-state index < -0.39 is 17.8 Å². The van der Waals surface area contributed by atoms with Gasteiger partial charge < -0.3 is 10.4 Å². The van der Waals surface area contributed by atoms with Gasteiger partial charge in [-0.05, 0) is 37.0 Å². The van der Waals surface area contributed by atoms with Gasteiger partial charge in [0.25, 0.3) is 0 Å². The van der Waals surface area contributed by atoms with E-state index in [4.69, 9.17) is 11.6 Å². The minimum Gasteiger partial charge on any atom is -0.481 e. The molecule has 0 bridgehead atoms. The van der Waals surface area contributed by atoms with E-state index in [0.29, 0.717) is 17.9 Å². The summed E-state index contributed by atoms with van der Waals surface area (Å²) in [5.74, 6) is -1.98. The lowest BCUT2D eigenvalue weighted by Crippen LogP contribution is -2.37. The summed E-state index contributed by atoms with van der Waals surface area (Å²) in [6, 6.07) is 7.26. The lowest BCUT2D eigenvalue weighted by molar-refractivity contribution is -0.146. The van der Waals surface area contributed by atoms with E-state index in [1.807, 2.05) is 19.1 Å². The zero-order chi connectivity index (χ0) is 15.4. The van der Waals surface area contributed by atoms with Gasteiger partial charge in [-0.3, -0.25) is 9.59 Å². The van der Waals surface area contributed by atoms with Crippen LogP contribution in [0.4, 0.5) is 0 Å². The van der Waals surface area contributed by atoms with Crippen LogP contribution in [-0.4, -0.2) is 17.0 Å². The predicted molar refractivity (Wildman–Crippen MR) is 81.1 cm³/mol. The molecule has 0 heterocycles. The summed E-state index contributed by atoms with van der Waals surface area (Å²) in [5.41, 5.74) is 0.986. The van der Waals surface area contributed by atoms with E-state index in [0.717, 1.165) is 18.4 Å². The molecule has 1 aliphatic rings. The largest absolute Gasteiger partial charge is 0.481 e. The van der Waals surface area contributed by atoms with Crippen molar-refractivity contribution in [1.82, 2.24) is 5.32 Å². The third-order valence-corrected chi connectivity index (χ3v) is 4.42. The fraction of sp³-hybridized carbons (Fsp3) is 0.500. The minimum atomic E-state index is -0.868. The van der Waals surface area contributed by atoms with Gasteiger partial charge in [-0.1, -0.05) is 37.1 Å². The highest BCUT2D eigenvalue weighted by atomic mass is 35.5. The van der Waals surface area contributed by atoms with Gasteiger partial charge in [-0.15, -0.1) is 0 Å². The number of carbonyl (C=O) groups is 2. The highest BCUT2D eigenvalue weighted by Gasteiger charge is 2.38. The van der Waals surface area contributed by atoms with Crippen molar-refractivity contribution in [1.29, 1.82) is 0 Å². The molecule has 21 heavy (non-hydrogen) atoms. The quantitative estimate of drug-likeness (QED) is 0.876. The number of amides is 1. The molecule has 0 spiro atoms. The number of aliphatic carboxylic acids is 1. The predicted octanol–water partition coefficient (Wildman–Crippen LogP) is 3.41. The zero-order valence-electron chi connectivity index (χ0n) is 12.0. The SMILES string of the molecule is CCC(NC(=O)C1CCCC1C(=O)O)c1ccc(Cl)cc1. The first-order valence-corrected chi connectivity index (χ1v) is 7.69. The van der Waals surface area contributed by atoms with Gasteiger partial charge >= 0.3 is 5.97 Å². The molecule has 0 aromatic heterocycles. The van der Waals surface area contributed by atoms with Crippen molar-refractivity contribution in [2.24, 2.45) is 11.8 Å². The van der Waals surface area contributed by atoms with E-state index in [1.165, 1.54) is 0 Å². The number of carboxylic acids is 1. The molecule has 5 heteroatoms. The summed E-state index contributed by atoms with van der Waals surface area (Å²) >= 11 is 5.87. The van der Waals surface area contributed by atoms with E-state index in [9.17, 15) is 14.7 Å². The summed E-state index contributed by atoms with van der Waals surface area (Å²) < 4.78 is 0.